The Morgan fingerprint density at radius 3 is 2.89 bits per heavy atom. The van der Waals surface area contributed by atoms with Gasteiger partial charge in [-0.25, -0.2) is 0 Å². The van der Waals surface area contributed by atoms with Gasteiger partial charge in [0.15, 0.2) is 0 Å². The molecule has 18 heavy (non-hydrogen) atoms. The highest BCUT2D eigenvalue weighted by atomic mass is 16.5. The highest BCUT2D eigenvalue weighted by Crippen LogP contribution is 2.36. The number of hydrogen-bond acceptors (Lipinski definition) is 5. The molecule has 3 rings (SSSR count). The van der Waals surface area contributed by atoms with E-state index in [2.05, 4.69) is 10.1 Å². The minimum Gasteiger partial charge on any atom is -0.507 e. The monoisotopic (exact) mass is 245 g/mol. The number of aromatic nitrogens is 2. The highest BCUT2D eigenvalue weighted by molar-refractivity contribution is 5.70. The summed E-state index contributed by atoms with van der Waals surface area (Å²) in [6, 6.07) is 3.69. The molecule has 5 nitrogen and oxygen atoms in total. The molecule has 0 atom stereocenters. The predicted octanol–water partition coefficient (Wildman–Crippen LogP) is 1.78. The first kappa shape index (κ1) is 11.2. The second kappa shape index (κ2) is 4.42. The maximum absolute atomic E-state index is 10.0. The zero-order chi connectivity index (χ0) is 12.5. The van der Waals surface area contributed by atoms with Gasteiger partial charge in [-0.1, -0.05) is 11.2 Å². The lowest BCUT2D eigenvalue weighted by Crippen LogP contribution is -2.05. The van der Waals surface area contributed by atoms with Crippen molar-refractivity contribution >= 4 is 0 Å². The molecular weight excluding hydrogens is 230 g/mol. The summed E-state index contributed by atoms with van der Waals surface area (Å²) < 4.78 is 5.02. The van der Waals surface area contributed by atoms with Crippen LogP contribution < -0.4 is 5.73 Å². The molecule has 0 spiro atoms. The third-order valence-corrected chi connectivity index (χ3v) is 3.38. The molecule has 1 heterocycles. The summed E-state index contributed by atoms with van der Waals surface area (Å²) in [6.07, 6.45) is 4.32. The fraction of sp³-hybridized carbons (Fsp3) is 0.385. The normalized spacial score (nSPS) is 14.5. The maximum Gasteiger partial charge on any atom is 0.240 e. The molecule has 0 saturated carbocycles. The van der Waals surface area contributed by atoms with Gasteiger partial charge in [0.25, 0.3) is 0 Å². The Kier molecular flexibility index (Phi) is 2.76. The fourth-order valence-corrected chi connectivity index (χ4v) is 2.50. The number of fused-ring (bicyclic) bond motifs is 1. The van der Waals surface area contributed by atoms with Crippen LogP contribution in [0.15, 0.2) is 16.7 Å². The van der Waals surface area contributed by atoms with Crippen molar-refractivity contribution in [2.75, 3.05) is 0 Å². The molecule has 3 N–H and O–H groups in total. The van der Waals surface area contributed by atoms with Crippen LogP contribution in [0.3, 0.4) is 0 Å². The van der Waals surface area contributed by atoms with Crippen molar-refractivity contribution in [3.8, 4) is 17.1 Å². The molecule has 0 fully saturated rings. The van der Waals surface area contributed by atoms with Crippen molar-refractivity contribution < 1.29 is 9.63 Å². The van der Waals surface area contributed by atoms with Crippen molar-refractivity contribution in [1.29, 1.82) is 0 Å². The van der Waals surface area contributed by atoms with Gasteiger partial charge in [-0.15, -0.1) is 0 Å². The molecule has 94 valence electrons. The van der Waals surface area contributed by atoms with Crippen LogP contribution >= 0.6 is 0 Å². The van der Waals surface area contributed by atoms with E-state index >= 15 is 0 Å². The number of aryl methyl sites for hydroxylation is 1. The van der Waals surface area contributed by atoms with E-state index < -0.39 is 0 Å². The lowest BCUT2D eigenvalue weighted by atomic mass is 9.87. The molecule has 0 radical (unpaired) electrons. The molecule has 1 aliphatic carbocycles. The van der Waals surface area contributed by atoms with Gasteiger partial charge < -0.3 is 15.4 Å². The smallest absolute Gasteiger partial charge is 0.240 e. The van der Waals surface area contributed by atoms with Gasteiger partial charge in [-0.2, -0.15) is 4.98 Å². The summed E-state index contributed by atoms with van der Waals surface area (Å²) in [5, 5.41) is 13.9. The number of hydrogen-bond donors (Lipinski definition) is 2. The Hall–Kier alpha value is -1.88. The summed E-state index contributed by atoms with van der Waals surface area (Å²) in [5.74, 6) is 1.03. The Balaban J connectivity index is 2.15. The summed E-state index contributed by atoms with van der Waals surface area (Å²) in [4.78, 5) is 4.21. The molecule has 0 bridgehead atoms. The fourth-order valence-electron chi connectivity index (χ4n) is 2.50. The number of phenols is 1. The van der Waals surface area contributed by atoms with Crippen LogP contribution in [0.5, 0.6) is 5.75 Å². The first-order chi connectivity index (χ1) is 8.79. The largest absolute Gasteiger partial charge is 0.507 e. The number of nitrogens with zero attached hydrogens (tertiary/aromatic N) is 2. The summed E-state index contributed by atoms with van der Waals surface area (Å²) in [5.41, 5.74) is 8.58. The standard InChI is InChI=1S/C13H15N3O2/c14-7-11-15-13(16-18-11)12-9-4-2-1-3-8(9)5-6-10(12)17/h5-6,17H,1-4,7,14H2. The summed E-state index contributed by atoms with van der Waals surface area (Å²) in [7, 11) is 0. The van der Waals surface area contributed by atoms with Crippen LogP contribution in [0.4, 0.5) is 0 Å². The number of nitrogens with two attached hydrogens (primary N) is 1. The van der Waals surface area contributed by atoms with Crippen LogP contribution in [-0.4, -0.2) is 15.2 Å². The van der Waals surface area contributed by atoms with Gasteiger partial charge >= 0.3 is 0 Å². The lowest BCUT2D eigenvalue weighted by molar-refractivity contribution is 0.380. The van der Waals surface area contributed by atoms with E-state index in [4.69, 9.17) is 10.3 Å². The van der Waals surface area contributed by atoms with Crippen LogP contribution in [0.25, 0.3) is 11.4 Å². The number of aromatic hydroxyl groups is 1. The Labute approximate surface area is 105 Å². The average Bonchev–Trinajstić information content (AvgIpc) is 2.87. The van der Waals surface area contributed by atoms with Crippen LogP contribution in [0, 0.1) is 0 Å². The molecule has 1 aromatic heterocycles. The van der Waals surface area contributed by atoms with Gasteiger partial charge in [0.05, 0.1) is 12.1 Å². The molecule has 0 aliphatic heterocycles. The highest BCUT2D eigenvalue weighted by Gasteiger charge is 2.21. The zero-order valence-electron chi connectivity index (χ0n) is 10.0. The van der Waals surface area contributed by atoms with Gasteiger partial charge in [0.1, 0.15) is 5.75 Å². The van der Waals surface area contributed by atoms with Crippen LogP contribution in [0.2, 0.25) is 0 Å². The van der Waals surface area contributed by atoms with E-state index in [1.54, 1.807) is 6.07 Å². The van der Waals surface area contributed by atoms with Crippen molar-refractivity contribution in [2.24, 2.45) is 5.73 Å². The molecule has 5 heteroatoms. The number of rotatable bonds is 2. The molecule has 0 unspecified atom stereocenters. The molecule has 2 aromatic rings. The maximum atomic E-state index is 10.0. The third kappa shape index (κ3) is 1.76. The second-order valence-corrected chi connectivity index (χ2v) is 4.52. The summed E-state index contributed by atoms with van der Waals surface area (Å²) >= 11 is 0. The SMILES string of the molecule is NCc1nc(-c2c(O)ccc3c2CCCC3)no1. The quantitative estimate of drug-likeness (QED) is 0.842. The van der Waals surface area contributed by atoms with Crippen molar-refractivity contribution in [3.63, 3.8) is 0 Å². The van der Waals surface area contributed by atoms with E-state index in [0.717, 1.165) is 24.8 Å². The van der Waals surface area contributed by atoms with Crippen LogP contribution in [0.1, 0.15) is 29.9 Å². The van der Waals surface area contributed by atoms with E-state index in [-0.39, 0.29) is 12.3 Å². The number of benzene rings is 1. The van der Waals surface area contributed by atoms with Crippen molar-refractivity contribution in [3.05, 3.63) is 29.2 Å². The molecule has 1 aromatic carbocycles. The minimum absolute atomic E-state index is 0.208. The Morgan fingerprint density at radius 2 is 2.11 bits per heavy atom. The molecular formula is C13H15N3O2. The predicted molar refractivity (Wildman–Crippen MR) is 65.9 cm³/mol. The van der Waals surface area contributed by atoms with E-state index in [9.17, 15) is 5.11 Å². The zero-order valence-corrected chi connectivity index (χ0v) is 10.0. The van der Waals surface area contributed by atoms with Crippen molar-refractivity contribution in [2.45, 2.75) is 32.2 Å². The van der Waals surface area contributed by atoms with E-state index in [0.29, 0.717) is 17.3 Å². The second-order valence-electron chi connectivity index (χ2n) is 4.52. The lowest BCUT2D eigenvalue weighted by Gasteiger charge is -2.18. The first-order valence-corrected chi connectivity index (χ1v) is 6.16. The minimum atomic E-state index is 0.208. The van der Waals surface area contributed by atoms with E-state index in [1.807, 2.05) is 6.07 Å². The molecule has 0 saturated heterocycles. The molecule has 1 aliphatic rings. The summed E-state index contributed by atoms with van der Waals surface area (Å²) in [6.45, 7) is 0.211. The van der Waals surface area contributed by atoms with Crippen LogP contribution in [-0.2, 0) is 19.4 Å². The van der Waals surface area contributed by atoms with Gasteiger partial charge in [-0.05, 0) is 42.9 Å². The van der Waals surface area contributed by atoms with Gasteiger partial charge in [0, 0.05) is 0 Å². The first-order valence-electron chi connectivity index (χ1n) is 6.16. The molecule has 0 amide bonds. The van der Waals surface area contributed by atoms with Gasteiger partial charge in [0.2, 0.25) is 11.7 Å². The van der Waals surface area contributed by atoms with E-state index in [1.165, 1.54) is 12.0 Å². The van der Waals surface area contributed by atoms with Crippen molar-refractivity contribution in [1.82, 2.24) is 10.1 Å². The Bertz CT molecular complexity index is 578. The number of phenolic OH excluding ortho intramolecular Hbond substituents is 1. The van der Waals surface area contributed by atoms with Gasteiger partial charge in [-0.3, -0.25) is 0 Å². The average molecular weight is 245 g/mol. The topological polar surface area (TPSA) is 85.2 Å². The Morgan fingerprint density at radius 1 is 1.28 bits per heavy atom. The third-order valence-electron chi connectivity index (χ3n) is 3.38.